The highest BCUT2D eigenvalue weighted by molar-refractivity contribution is 5.09. The Kier molecular flexibility index (Phi) is 4.91. The summed E-state index contributed by atoms with van der Waals surface area (Å²) in [7, 11) is 0. The molecule has 0 aromatic carbocycles. The van der Waals surface area contributed by atoms with Crippen LogP contribution in [0.15, 0.2) is 24.5 Å². The van der Waals surface area contributed by atoms with E-state index in [0.717, 1.165) is 32.6 Å². The highest BCUT2D eigenvalue weighted by atomic mass is 16.3. The van der Waals surface area contributed by atoms with Crippen molar-refractivity contribution in [1.29, 1.82) is 0 Å². The van der Waals surface area contributed by atoms with Gasteiger partial charge in [0, 0.05) is 44.7 Å². The Bertz CT molecular complexity index is 318. The Morgan fingerprint density at radius 1 is 1.41 bits per heavy atom. The van der Waals surface area contributed by atoms with E-state index in [2.05, 4.69) is 27.3 Å². The summed E-state index contributed by atoms with van der Waals surface area (Å²) in [5, 5.41) is 12.6. The van der Waals surface area contributed by atoms with E-state index in [9.17, 15) is 0 Å². The molecule has 4 heteroatoms. The van der Waals surface area contributed by atoms with Gasteiger partial charge in [-0.2, -0.15) is 0 Å². The van der Waals surface area contributed by atoms with Gasteiger partial charge in [-0.05, 0) is 37.1 Å². The molecule has 2 rings (SSSR count). The summed E-state index contributed by atoms with van der Waals surface area (Å²) in [6.45, 7) is 4.37. The maximum atomic E-state index is 9.13. The zero-order valence-electron chi connectivity index (χ0n) is 10.2. The second-order valence-electron chi connectivity index (χ2n) is 4.55. The minimum absolute atomic E-state index is 0.263. The molecule has 17 heavy (non-hydrogen) atoms. The van der Waals surface area contributed by atoms with E-state index in [1.54, 1.807) is 0 Å². The number of aliphatic hydroxyl groups excluding tert-OH is 1. The lowest BCUT2D eigenvalue weighted by Crippen LogP contribution is -2.39. The lowest BCUT2D eigenvalue weighted by molar-refractivity contribution is 0.159. The first-order valence-electron chi connectivity index (χ1n) is 6.34. The molecule has 1 saturated heterocycles. The minimum atomic E-state index is 0.263. The Balaban J connectivity index is 1.99. The van der Waals surface area contributed by atoms with E-state index in [1.165, 1.54) is 12.0 Å². The van der Waals surface area contributed by atoms with Crippen molar-refractivity contribution in [2.24, 2.45) is 0 Å². The van der Waals surface area contributed by atoms with Gasteiger partial charge in [0.25, 0.3) is 0 Å². The van der Waals surface area contributed by atoms with Crippen LogP contribution in [0, 0.1) is 0 Å². The van der Waals surface area contributed by atoms with Crippen molar-refractivity contribution >= 4 is 0 Å². The molecule has 0 radical (unpaired) electrons. The van der Waals surface area contributed by atoms with Gasteiger partial charge in [-0.25, -0.2) is 0 Å². The summed E-state index contributed by atoms with van der Waals surface area (Å²) in [6, 6.07) is 4.57. The van der Waals surface area contributed by atoms with Gasteiger partial charge in [0.15, 0.2) is 0 Å². The zero-order chi connectivity index (χ0) is 11.9. The average molecular weight is 235 g/mol. The first-order valence-corrected chi connectivity index (χ1v) is 6.34. The third-order valence-electron chi connectivity index (χ3n) is 3.29. The summed E-state index contributed by atoms with van der Waals surface area (Å²) < 4.78 is 0. The standard InChI is InChI=1S/C13H21N3O/c17-9-4-13-10-15-5-1-8-16(13)11-12-2-6-14-7-3-12/h2-3,6-7,13,15,17H,1,4-5,8-11H2. The number of nitrogens with one attached hydrogen (secondary N) is 1. The number of hydrogen-bond acceptors (Lipinski definition) is 4. The summed E-state index contributed by atoms with van der Waals surface area (Å²) in [4.78, 5) is 6.51. The fraction of sp³-hybridized carbons (Fsp3) is 0.615. The predicted octanol–water partition coefficient (Wildman–Crippen LogP) is 0.628. The Labute approximate surface area is 103 Å². The number of pyridine rings is 1. The Hall–Kier alpha value is -0.970. The molecule has 4 nitrogen and oxygen atoms in total. The largest absolute Gasteiger partial charge is 0.396 e. The molecular formula is C13H21N3O. The minimum Gasteiger partial charge on any atom is -0.396 e. The monoisotopic (exact) mass is 235 g/mol. The second-order valence-corrected chi connectivity index (χ2v) is 4.55. The SMILES string of the molecule is OCCC1CNCCCN1Cc1ccncc1. The van der Waals surface area contributed by atoms with Gasteiger partial charge in [-0.1, -0.05) is 0 Å². The van der Waals surface area contributed by atoms with Gasteiger partial charge < -0.3 is 10.4 Å². The molecule has 1 aliphatic rings. The van der Waals surface area contributed by atoms with Crippen LogP contribution in [-0.4, -0.2) is 47.3 Å². The molecule has 0 aliphatic carbocycles. The molecule has 1 atom stereocenters. The Morgan fingerprint density at radius 2 is 2.24 bits per heavy atom. The van der Waals surface area contributed by atoms with E-state index in [4.69, 9.17) is 5.11 Å². The smallest absolute Gasteiger partial charge is 0.0446 e. The zero-order valence-corrected chi connectivity index (χ0v) is 10.2. The molecule has 2 heterocycles. The molecule has 1 aromatic rings. The van der Waals surface area contributed by atoms with Crippen molar-refractivity contribution in [3.05, 3.63) is 30.1 Å². The molecule has 0 spiro atoms. The van der Waals surface area contributed by atoms with E-state index in [1.807, 2.05) is 12.4 Å². The lowest BCUT2D eigenvalue weighted by Gasteiger charge is -2.29. The molecule has 1 fully saturated rings. The average Bonchev–Trinajstić information content (AvgIpc) is 2.57. The second kappa shape index (κ2) is 6.69. The molecule has 1 aromatic heterocycles. The van der Waals surface area contributed by atoms with Gasteiger partial charge >= 0.3 is 0 Å². The molecule has 0 amide bonds. The van der Waals surface area contributed by atoms with Crippen molar-refractivity contribution in [3.63, 3.8) is 0 Å². The van der Waals surface area contributed by atoms with Gasteiger partial charge in [0.05, 0.1) is 0 Å². The van der Waals surface area contributed by atoms with Crippen LogP contribution in [0.1, 0.15) is 18.4 Å². The van der Waals surface area contributed by atoms with E-state index >= 15 is 0 Å². The molecule has 2 N–H and O–H groups in total. The normalized spacial score (nSPS) is 22.3. The molecular weight excluding hydrogens is 214 g/mol. The Morgan fingerprint density at radius 3 is 3.00 bits per heavy atom. The van der Waals surface area contributed by atoms with Gasteiger partial charge in [0.2, 0.25) is 0 Å². The number of rotatable bonds is 4. The van der Waals surface area contributed by atoms with Crippen LogP contribution in [0.25, 0.3) is 0 Å². The van der Waals surface area contributed by atoms with Crippen molar-refractivity contribution in [3.8, 4) is 0 Å². The lowest BCUT2D eigenvalue weighted by atomic mass is 10.1. The molecule has 1 aliphatic heterocycles. The van der Waals surface area contributed by atoms with E-state index in [-0.39, 0.29) is 6.61 Å². The number of nitrogens with zero attached hydrogens (tertiary/aromatic N) is 2. The fourth-order valence-electron chi connectivity index (χ4n) is 2.35. The summed E-state index contributed by atoms with van der Waals surface area (Å²) in [6.07, 6.45) is 5.70. The number of hydrogen-bond donors (Lipinski definition) is 2. The first-order chi connectivity index (χ1) is 8.40. The number of aromatic nitrogens is 1. The van der Waals surface area contributed by atoms with E-state index in [0.29, 0.717) is 6.04 Å². The molecule has 0 saturated carbocycles. The number of aliphatic hydroxyl groups is 1. The van der Waals surface area contributed by atoms with Crippen LogP contribution in [0.5, 0.6) is 0 Å². The summed E-state index contributed by atoms with van der Waals surface area (Å²) in [5.74, 6) is 0. The van der Waals surface area contributed by atoms with Gasteiger partial charge in [0.1, 0.15) is 0 Å². The first kappa shape index (κ1) is 12.5. The van der Waals surface area contributed by atoms with Gasteiger partial charge in [-0.3, -0.25) is 9.88 Å². The quantitative estimate of drug-likeness (QED) is 0.803. The maximum absolute atomic E-state index is 9.13. The van der Waals surface area contributed by atoms with Crippen molar-refractivity contribution < 1.29 is 5.11 Å². The summed E-state index contributed by atoms with van der Waals surface area (Å²) in [5.41, 5.74) is 1.30. The summed E-state index contributed by atoms with van der Waals surface area (Å²) >= 11 is 0. The van der Waals surface area contributed by atoms with Crippen LogP contribution < -0.4 is 5.32 Å². The van der Waals surface area contributed by atoms with Crippen LogP contribution in [0.2, 0.25) is 0 Å². The third kappa shape index (κ3) is 3.77. The molecule has 1 unspecified atom stereocenters. The highest BCUT2D eigenvalue weighted by Crippen LogP contribution is 2.12. The topological polar surface area (TPSA) is 48.4 Å². The van der Waals surface area contributed by atoms with E-state index < -0.39 is 0 Å². The highest BCUT2D eigenvalue weighted by Gasteiger charge is 2.20. The predicted molar refractivity (Wildman–Crippen MR) is 67.6 cm³/mol. The van der Waals surface area contributed by atoms with Crippen LogP contribution >= 0.6 is 0 Å². The van der Waals surface area contributed by atoms with Crippen molar-refractivity contribution in [2.45, 2.75) is 25.4 Å². The van der Waals surface area contributed by atoms with Crippen LogP contribution in [-0.2, 0) is 6.54 Å². The van der Waals surface area contributed by atoms with Crippen LogP contribution in [0.3, 0.4) is 0 Å². The maximum Gasteiger partial charge on any atom is 0.0446 e. The third-order valence-corrected chi connectivity index (χ3v) is 3.29. The van der Waals surface area contributed by atoms with Crippen LogP contribution in [0.4, 0.5) is 0 Å². The van der Waals surface area contributed by atoms with Crippen molar-refractivity contribution in [2.75, 3.05) is 26.2 Å². The van der Waals surface area contributed by atoms with Gasteiger partial charge in [-0.15, -0.1) is 0 Å². The molecule has 94 valence electrons. The fourth-order valence-corrected chi connectivity index (χ4v) is 2.35. The van der Waals surface area contributed by atoms with Crippen molar-refractivity contribution in [1.82, 2.24) is 15.2 Å². The molecule has 0 bridgehead atoms.